The van der Waals surface area contributed by atoms with Crippen LogP contribution in [0.2, 0.25) is 0 Å². The quantitative estimate of drug-likeness (QED) is 0.687. The van der Waals surface area contributed by atoms with E-state index in [0.717, 1.165) is 0 Å². The predicted octanol–water partition coefficient (Wildman–Crippen LogP) is 4.32. The van der Waals surface area contributed by atoms with Crippen LogP contribution in [0, 0.1) is 0 Å². The zero-order valence-electron chi connectivity index (χ0n) is 9.46. The van der Waals surface area contributed by atoms with Crippen LogP contribution < -0.4 is 0 Å². The van der Waals surface area contributed by atoms with Crippen molar-refractivity contribution in [1.29, 1.82) is 0 Å². The van der Waals surface area contributed by atoms with Crippen LogP contribution in [0.4, 0.5) is 0 Å². The van der Waals surface area contributed by atoms with Crippen molar-refractivity contribution < 1.29 is 0 Å². The fourth-order valence-electron chi connectivity index (χ4n) is 1.42. The van der Waals surface area contributed by atoms with Crippen LogP contribution in [0.3, 0.4) is 0 Å². The van der Waals surface area contributed by atoms with Gasteiger partial charge in [0.15, 0.2) is 0 Å². The zero-order valence-corrected chi connectivity index (χ0v) is 9.46. The van der Waals surface area contributed by atoms with Crippen LogP contribution in [0.25, 0.3) is 10.9 Å². The van der Waals surface area contributed by atoms with Crippen molar-refractivity contribution in [3.63, 3.8) is 0 Å². The second-order valence-electron chi connectivity index (χ2n) is 3.48. The zero-order chi connectivity index (χ0) is 10.6. The Kier molecular flexibility index (Phi) is 3.75. The molecule has 0 aliphatic heterocycles. The molecule has 0 saturated carbocycles. The molecule has 0 spiro atoms. The Balaban J connectivity index is 0.000000461. The summed E-state index contributed by atoms with van der Waals surface area (Å²) in [6.07, 6.45) is 1.98. The highest BCUT2D eigenvalue weighted by Gasteiger charge is 1.99. The second kappa shape index (κ2) is 4.85. The Morgan fingerprint density at radius 1 is 1.07 bits per heavy atom. The van der Waals surface area contributed by atoms with Gasteiger partial charge in [0.2, 0.25) is 0 Å². The number of H-pyrrole nitrogens is 1. The van der Waals surface area contributed by atoms with Crippen LogP contribution in [0.1, 0.15) is 39.2 Å². The number of hydrogen-bond donors (Lipinski definition) is 1. The van der Waals surface area contributed by atoms with Gasteiger partial charge in [0, 0.05) is 11.7 Å². The van der Waals surface area contributed by atoms with Crippen molar-refractivity contribution in [3.8, 4) is 0 Å². The molecule has 0 aliphatic carbocycles. The number of aromatic amines is 1. The van der Waals surface area contributed by atoms with Gasteiger partial charge in [0.05, 0.1) is 0 Å². The lowest BCUT2D eigenvalue weighted by Gasteiger charge is -2.03. The highest BCUT2D eigenvalue weighted by atomic mass is 14.7. The number of rotatable bonds is 1. The number of fused-ring (bicyclic) bond motifs is 1. The van der Waals surface area contributed by atoms with Gasteiger partial charge in [-0.2, -0.15) is 0 Å². The molecule has 2 rings (SSSR count). The fourth-order valence-corrected chi connectivity index (χ4v) is 1.42. The Morgan fingerprint density at radius 3 is 2.43 bits per heavy atom. The lowest BCUT2D eigenvalue weighted by molar-refractivity contribution is 0.868. The van der Waals surface area contributed by atoms with Crippen LogP contribution in [0.15, 0.2) is 30.5 Å². The van der Waals surface area contributed by atoms with Gasteiger partial charge in [-0.15, -0.1) is 0 Å². The average molecular weight is 189 g/mol. The molecule has 1 aromatic heterocycles. The third-order valence-corrected chi connectivity index (χ3v) is 2.25. The molecule has 0 fully saturated rings. The normalized spacial score (nSPS) is 10.1. The SMILES string of the molecule is CC.CC(C)c1ccc2cc[nH]c2c1. The summed E-state index contributed by atoms with van der Waals surface area (Å²) in [6, 6.07) is 8.68. The molecule has 0 bridgehead atoms. The fraction of sp³-hybridized carbons (Fsp3) is 0.385. The molecule has 1 N–H and O–H groups in total. The van der Waals surface area contributed by atoms with Crippen LogP contribution in [-0.4, -0.2) is 4.98 Å². The standard InChI is InChI=1S/C11H13N.C2H6/c1-8(2)10-4-3-9-5-6-12-11(9)7-10;1-2/h3-8,12H,1-2H3;1-2H3. The largest absolute Gasteiger partial charge is 0.361 e. The Morgan fingerprint density at radius 2 is 1.79 bits per heavy atom. The highest BCUT2D eigenvalue weighted by molar-refractivity contribution is 5.79. The van der Waals surface area contributed by atoms with Crippen molar-refractivity contribution in [2.24, 2.45) is 0 Å². The first-order chi connectivity index (χ1) is 6.77. The third kappa shape index (κ3) is 2.16. The van der Waals surface area contributed by atoms with E-state index < -0.39 is 0 Å². The van der Waals surface area contributed by atoms with Crippen LogP contribution in [0.5, 0.6) is 0 Å². The number of aromatic nitrogens is 1. The summed E-state index contributed by atoms with van der Waals surface area (Å²) in [5, 5.41) is 1.29. The van der Waals surface area contributed by atoms with Gasteiger partial charge in [-0.1, -0.05) is 39.8 Å². The van der Waals surface area contributed by atoms with E-state index in [9.17, 15) is 0 Å². The van der Waals surface area contributed by atoms with E-state index in [1.165, 1.54) is 16.5 Å². The smallest absolute Gasteiger partial charge is 0.0456 e. The summed E-state index contributed by atoms with van der Waals surface area (Å²) in [6.45, 7) is 8.42. The van der Waals surface area contributed by atoms with E-state index in [0.29, 0.717) is 5.92 Å². The van der Waals surface area contributed by atoms with E-state index in [1.807, 2.05) is 20.0 Å². The minimum atomic E-state index is 0.609. The molecule has 0 unspecified atom stereocenters. The van der Waals surface area contributed by atoms with Gasteiger partial charge in [0.1, 0.15) is 0 Å². The van der Waals surface area contributed by atoms with Crippen LogP contribution >= 0.6 is 0 Å². The molecule has 1 aromatic carbocycles. The molecule has 0 atom stereocenters. The van der Waals surface area contributed by atoms with E-state index in [-0.39, 0.29) is 0 Å². The number of benzene rings is 1. The predicted molar refractivity (Wildman–Crippen MR) is 63.7 cm³/mol. The lowest BCUT2D eigenvalue weighted by atomic mass is 10.0. The van der Waals surface area contributed by atoms with Crippen molar-refractivity contribution in [3.05, 3.63) is 36.0 Å². The molecular weight excluding hydrogens is 170 g/mol. The van der Waals surface area contributed by atoms with Crippen molar-refractivity contribution in [2.45, 2.75) is 33.6 Å². The van der Waals surface area contributed by atoms with Crippen molar-refractivity contribution >= 4 is 10.9 Å². The van der Waals surface area contributed by atoms with Gasteiger partial charge >= 0.3 is 0 Å². The topological polar surface area (TPSA) is 15.8 Å². The van der Waals surface area contributed by atoms with Gasteiger partial charge in [-0.05, 0) is 29.0 Å². The second-order valence-corrected chi connectivity index (χ2v) is 3.48. The Labute approximate surface area is 86.2 Å². The Bertz CT molecular complexity index is 385. The van der Waals surface area contributed by atoms with Gasteiger partial charge < -0.3 is 4.98 Å². The lowest BCUT2D eigenvalue weighted by Crippen LogP contribution is -1.85. The molecule has 0 aliphatic rings. The molecule has 0 saturated heterocycles. The van der Waals surface area contributed by atoms with E-state index in [1.54, 1.807) is 0 Å². The molecule has 1 nitrogen and oxygen atoms in total. The summed E-state index contributed by atoms with van der Waals surface area (Å²) in [7, 11) is 0. The maximum atomic E-state index is 3.21. The number of hydrogen-bond acceptors (Lipinski definition) is 0. The first-order valence-corrected chi connectivity index (χ1v) is 5.34. The average Bonchev–Trinajstić information content (AvgIpc) is 2.67. The molecular formula is C13H19N. The third-order valence-electron chi connectivity index (χ3n) is 2.25. The van der Waals surface area contributed by atoms with E-state index >= 15 is 0 Å². The first-order valence-electron chi connectivity index (χ1n) is 5.34. The van der Waals surface area contributed by atoms with Gasteiger partial charge in [0.25, 0.3) is 0 Å². The van der Waals surface area contributed by atoms with Gasteiger partial charge in [-0.3, -0.25) is 0 Å². The molecule has 2 aromatic rings. The van der Waals surface area contributed by atoms with Crippen molar-refractivity contribution in [1.82, 2.24) is 4.98 Å². The van der Waals surface area contributed by atoms with E-state index in [2.05, 4.69) is 43.1 Å². The maximum Gasteiger partial charge on any atom is 0.0456 e. The summed E-state index contributed by atoms with van der Waals surface area (Å²) in [5.74, 6) is 0.609. The molecule has 14 heavy (non-hydrogen) atoms. The number of nitrogens with one attached hydrogen (secondary N) is 1. The Hall–Kier alpha value is -1.24. The maximum absolute atomic E-state index is 3.21. The minimum Gasteiger partial charge on any atom is -0.361 e. The summed E-state index contributed by atoms with van der Waals surface area (Å²) >= 11 is 0. The van der Waals surface area contributed by atoms with Gasteiger partial charge in [-0.25, -0.2) is 0 Å². The molecule has 0 amide bonds. The molecule has 1 heterocycles. The summed E-state index contributed by atoms with van der Waals surface area (Å²) < 4.78 is 0. The summed E-state index contributed by atoms with van der Waals surface area (Å²) in [5.41, 5.74) is 2.63. The minimum absolute atomic E-state index is 0.609. The molecule has 0 radical (unpaired) electrons. The van der Waals surface area contributed by atoms with Crippen LogP contribution in [-0.2, 0) is 0 Å². The summed E-state index contributed by atoms with van der Waals surface area (Å²) in [4.78, 5) is 3.21. The van der Waals surface area contributed by atoms with Crippen molar-refractivity contribution in [2.75, 3.05) is 0 Å². The monoisotopic (exact) mass is 189 g/mol. The molecule has 1 heteroatoms. The molecule has 76 valence electrons. The van der Waals surface area contributed by atoms with E-state index in [4.69, 9.17) is 0 Å². The first kappa shape index (κ1) is 10.8. The highest BCUT2D eigenvalue weighted by Crippen LogP contribution is 2.19.